The summed E-state index contributed by atoms with van der Waals surface area (Å²) in [5.74, 6) is 1.91. The van der Waals surface area contributed by atoms with Crippen LogP contribution in [0.5, 0.6) is 0 Å². The molecule has 4 nitrogen and oxygen atoms in total. The number of rotatable bonds is 3. The van der Waals surface area contributed by atoms with Gasteiger partial charge in [0, 0.05) is 25.9 Å². The quantitative estimate of drug-likeness (QED) is 0.786. The van der Waals surface area contributed by atoms with E-state index >= 15 is 0 Å². The predicted octanol–water partition coefficient (Wildman–Crippen LogP) is 1.97. The second-order valence-electron chi connectivity index (χ2n) is 4.60. The SMILES string of the molecule is CN(CC1CCC1)c1ccn2nccc2n1. The van der Waals surface area contributed by atoms with Crippen molar-refractivity contribution >= 4 is 11.5 Å². The van der Waals surface area contributed by atoms with Gasteiger partial charge in [0.2, 0.25) is 0 Å². The topological polar surface area (TPSA) is 33.4 Å². The van der Waals surface area contributed by atoms with Gasteiger partial charge < -0.3 is 4.90 Å². The third-order valence-corrected chi connectivity index (χ3v) is 3.39. The minimum atomic E-state index is 0.868. The fourth-order valence-electron chi connectivity index (χ4n) is 2.17. The zero-order valence-corrected chi connectivity index (χ0v) is 9.50. The Balaban J connectivity index is 1.80. The molecule has 1 aliphatic rings. The predicted molar refractivity (Wildman–Crippen MR) is 63.6 cm³/mol. The molecule has 0 aliphatic heterocycles. The molecule has 84 valence electrons. The van der Waals surface area contributed by atoms with Crippen molar-refractivity contribution in [1.29, 1.82) is 0 Å². The van der Waals surface area contributed by atoms with Crippen LogP contribution in [0.4, 0.5) is 5.82 Å². The van der Waals surface area contributed by atoms with Gasteiger partial charge in [-0.25, -0.2) is 9.50 Å². The minimum absolute atomic E-state index is 0.868. The molecule has 0 spiro atoms. The Bertz CT molecular complexity index is 486. The first kappa shape index (κ1) is 9.63. The molecule has 0 saturated heterocycles. The maximum atomic E-state index is 4.57. The second kappa shape index (κ2) is 3.77. The molecule has 0 N–H and O–H groups in total. The lowest BCUT2D eigenvalue weighted by Gasteiger charge is -2.30. The highest BCUT2D eigenvalue weighted by molar-refractivity contribution is 5.46. The molecule has 1 saturated carbocycles. The normalized spacial score (nSPS) is 16.3. The van der Waals surface area contributed by atoms with Gasteiger partial charge in [0.15, 0.2) is 5.65 Å². The van der Waals surface area contributed by atoms with Crippen LogP contribution >= 0.6 is 0 Å². The number of fused-ring (bicyclic) bond motifs is 1. The Morgan fingerprint density at radius 2 is 2.31 bits per heavy atom. The summed E-state index contributed by atoms with van der Waals surface area (Å²) >= 11 is 0. The first-order valence-electron chi connectivity index (χ1n) is 5.84. The summed E-state index contributed by atoms with van der Waals surface area (Å²) in [5.41, 5.74) is 0.915. The van der Waals surface area contributed by atoms with E-state index < -0.39 is 0 Å². The van der Waals surface area contributed by atoms with Gasteiger partial charge in [0.05, 0.1) is 6.20 Å². The molecular formula is C12H16N4. The number of nitrogens with zero attached hydrogens (tertiary/aromatic N) is 4. The lowest BCUT2D eigenvalue weighted by Crippen LogP contribution is -2.29. The highest BCUT2D eigenvalue weighted by Gasteiger charge is 2.19. The summed E-state index contributed by atoms with van der Waals surface area (Å²) in [6, 6.07) is 3.96. The van der Waals surface area contributed by atoms with E-state index in [2.05, 4.69) is 22.0 Å². The van der Waals surface area contributed by atoms with Crippen LogP contribution in [-0.4, -0.2) is 28.2 Å². The Labute approximate surface area is 94.9 Å². The van der Waals surface area contributed by atoms with Crippen molar-refractivity contribution < 1.29 is 0 Å². The van der Waals surface area contributed by atoms with Gasteiger partial charge >= 0.3 is 0 Å². The van der Waals surface area contributed by atoms with Gasteiger partial charge in [0.25, 0.3) is 0 Å². The molecule has 0 aromatic carbocycles. The molecule has 2 heterocycles. The maximum Gasteiger partial charge on any atom is 0.157 e. The van der Waals surface area contributed by atoms with E-state index in [1.54, 1.807) is 10.7 Å². The van der Waals surface area contributed by atoms with Crippen LogP contribution in [0, 0.1) is 5.92 Å². The van der Waals surface area contributed by atoms with Crippen LogP contribution in [0.2, 0.25) is 0 Å². The van der Waals surface area contributed by atoms with Gasteiger partial charge in [-0.15, -0.1) is 0 Å². The van der Waals surface area contributed by atoms with E-state index in [4.69, 9.17) is 0 Å². The van der Waals surface area contributed by atoms with Crippen LogP contribution in [0.15, 0.2) is 24.5 Å². The van der Waals surface area contributed by atoms with Gasteiger partial charge in [-0.3, -0.25) is 0 Å². The van der Waals surface area contributed by atoms with Crippen molar-refractivity contribution in [2.24, 2.45) is 5.92 Å². The lowest BCUT2D eigenvalue weighted by molar-refractivity contribution is 0.321. The van der Waals surface area contributed by atoms with E-state index in [0.29, 0.717) is 0 Å². The smallest absolute Gasteiger partial charge is 0.157 e. The van der Waals surface area contributed by atoms with E-state index in [0.717, 1.165) is 23.9 Å². The molecule has 0 unspecified atom stereocenters. The van der Waals surface area contributed by atoms with E-state index in [9.17, 15) is 0 Å². The first-order valence-corrected chi connectivity index (χ1v) is 5.84. The molecule has 0 amide bonds. The summed E-state index contributed by atoms with van der Waals surface area (Å²) in [6.07, 6.45) is 7.89. The van der Waals surface area contributed by atoms with Crippen LogP contribution in [0.25, 0.3) is 5.65 Å². The summed E-state index contributed by atoms with van der Waals surface area (Å²) in [4.78, 5) is 6.82. The number of anilines is 1. The maximum absolute atomic E-state index is 4.57. The molecule has 16 heavy (non-hydrogen) atoms. The van der Waals surface area contributed by atoms with Crippen molar-refractivity contribution in [3.63, 3.8) is 0 Å². The molecule has 0 bridgehead atoms. The average Bonchev–Trinajstić information content (AvgIpc) is 2.69. The standard InChI is InChI=1S/C12H16N4/c1-15(9-10-3-2-4-10)11-6-8-16-12(14-11)5-7-13-16/h5-8,10H,2-4,9H2,1H3. The summed E-state index contributed by atoms with van der Waals surface area (Å²) < 4.78 is 1.79. The van der Waals surface area contributed by atoms with Crippen molar-refractivity contribution in [2.75, 3.05) is 18.5 Å². The molecule has 1 aliphatic carbocycles. The second-order valence-corrected chi connectivity index (χ2v) is 4.60. The van der Waals surface area contributed by atoms with Gasteiger partial charge in [-0.1, -0.05) is 6.42 Å². The molecular weight excluding hydrogens is 200 g/mol. The number of hydrogen-bond acceptors (Lipinski definition) is 3. The minimum Gasteiger partial charge on any atom is -0.359 e. The zero-order chi connectivity index (χ0) is 11.0. The van der Waals surface area contributed by atoms with Crippen molar-refractivity contribution in [3.05, 3.63) is 24.5 Å². The fourth-order valence-corrected chi connectivity index (χ4v) is 2.17. The van der Waals surface area contributed by atoms with E-state index in [1.807, 2.05) is 18.3 Å². The van der Waals surface area contributed by atoms with Crippen LogP contribution in [0.1, 0.15) is 19.3 Å². The molecule has 1 fully saturated rings. The molecule has 4 heteroatoms. The van der Waals surface area contributed by atoms with Gasteiger partial charge in [-0.05, 0) is 24.8 Å². The fraction of sp³-hybridized carbons (Fsp3) is 0.500. The molecule has 2 aromatic heterocycles. The average molecular weight is 216 g/mol. The largest absolute Gasteiger partial charge is 0.359 e. The summed E-state index contributed by atoms with van der Waals surface area (Å²) in [5, 5.41) is 4.14. The third kappa shape index (κ3) is 1.64. The van der Waals surface area contributed by atoms with Crippen molar-refractivity contribution in [1.82, 2.24) is 14.6 Å². The third-order valence-electron chi connectivity index (χ3n) is 3.39. The van der Waals surface area contributed by atoms with Gasteiger partial charge in [0.1, 0.15) is 5.82 Å². The molecule has 0 radical (unpaired) electrons. The Morgan fingerprint density at radius 1 is 1.44 bits per heavy atom. The van der Waals surface area contributed by atoms with Crippen LogP contribution < -0.4 is 4.90 Å². The lowest BCUT2D eigenvalue weighted by atomic mass is 9.85. The Morgan fingerprint density at radius 3 is 3.06 bits per heavy atom. The molecule has 3 rings (SSSR count). The highest BCUT2D eigenvalue weighted by atomic mass is 15.3. The van der Waals surface area contributed by atoms with Crippen LogP contribution in [0.3, 0.4) is 0 Å². The highest BCUT2D eigenvalue weighted by Crippen LogP contribution is 2.27. The number of hydrogen-bond donors (Lipinski definition) is 0. The monoisotopic (exact) mass is 216 g/mol. The molecule has 0 atom stereocenters. The zero-order valence-electron chi connectivity index (χ0n) is 9.50. The summed E-state index contributed by atoms with van der Waals surface area (Å²) in [6.45, 7) is 1.12. The first-order chi connectivity index (χ1) is 7.83. The van der Waals surface area contributed by atoms with Crippen LogP contribution in [-0.2, 0) is 0 Å². The van der Waals surface area contributed by atoms with Gasteiger partial charge in [-0.2, -0.15) is 5.10 Å². The Hall–Kier alpha value is -1.58. The van der Waals surface area contributed by atoms with Crippen molar-refractivity contribution in [3.8, 4) is 0 Å². The van der Waals surface area contributed by atoms with E-state index in [1.165, 1.54) is 19.3 Å². The summed E-state index contributed by atoms with van der Waals surface area (Å²) in [7, 11) is 2.12. The van der Waals surface area contributed by atoms with E-state index in [-0.39, 0.29) is 0 Å². The van der Waals surface area contributed by atoms with Crippen molar-refractivity contribution in [2.45, 2.75) is 19.3 Å². The Kier molecular flexibility index (Phi) is 2.27. The number of aromatic nitrogens is 3. The molecule has 2 aromatic rings.